The fraction of sp³-hybridized carbons (Fsp3) is 0.412. The van der Waals surface area contributed by atoms with Crippen molar-refractivity contribution in [3.05, 3.63) is 46.7 Å². The van der Waals surface area contributed by atoms with E-state index in [1.807, 2.05) is 24.3 Å². The third-order valence-electron chi connectivity index (χ3n) is 4.05. The van der Waals surface area contributed by atoms with Gasteiger partial charge in [0.2, 0.25) is 0 Å². The number of aromatic nitrogens is 2. The summed E-state index contributed by atoms with van der Waals surface area (Å²) in [6, 6.07) is 7.69. The molecule has 1 aromatic carbocycles. The van der Waals surface area contributed by atoms with Crippen LogP contribution in [-0.4, -0.2) is 34.8 Å². The molecule has 2 heterocycles. The summed E-state index contributed by atoms with van der Waals surface area (Å²) in [6.45, 7) is 5.90. The first-order valence-electron chi connectivity index (χ1n) is 7.91. The molecule has 3 rings (SSSR count). The Kier molecular flexibility index (Phi) is 6.27. The van der Waals surface area contributed by atoms with Gasteiger partial charge in [0.05, 0.1) is 23.1 Å². The van der Waals surface area contributed by atoms with Crippen LogP contribution in [0.25, 0.3) is 5.69 Å². The second kappa shape index (κ2) is 8.01. The van der Waals surface area contributed by atoms with Gasteiger partial charge in [-0.2, -0.15) is 5.10 Å². The molecule has 2 aromatic rings. The van der Waals surface area contributed by atoms with Gasteiger partial charge in [0.15, 0.2) is 0 Å². The lowest BCUT2D eigenvalue weighted by Gasteiger charge is -2.15. The van der Waals surface area contributed by atoms with Gasteiger partial charge in [-0.05, 0) is 37.1 Å². The molecule has 24 heavy (non-hydrogen) atoms. The minimum absolute atomic E-state index is 0. The van der Waals surface area contributed by atoms with Crippen molar-refractivity contribution >= 4 is 29.9 Å². The highest BCUT2D eigenvalue weighted by atomic mass is 35.5. The molecular weight excluding hydrogens is 347 g/mol. The number of hydrogen-bond donors (Lipinski definition) is 2. The molecule has 1 unspecified atom stereocenters. The molecule has 1 fully saturated rings. The lowest BCUT2D eigenvalue weighted by Crippen LogP contribution is -2.36. The average Bonchev–Trinajstić information content (AvgIpc) is 3.15. The zero-order valence-electron chi connectivity index (χ0n) is 13.8. The summed E-state index contributed by atoms with van der Waals surface area (Å²) in [5, 5.41) is 11.4. The van der Waals surface area contributed by atoms with Crippen LogP contribution in [-0.2, 0) is 0 Å². The SMILES string of the molecule is CC(C)c1c(C(=O)NC2CCNC2)cnn1-c1cccc(Cl)c1.Cl. The highest BCUT2D eigenvalue weighted by molar-refractivity contribution is 6.30. The third kappa shape index (κ3) is 3.91. The number of carbonyl (C=O) groups is 1. The second-order valence-corrected chi connectivity index (χ2v) is 6.59. The van der Waals surface area contributed by atoms with Crippen molar-refractivity contribution < 1.29 is 4.79 Å². The Morgan fingerprint density at radius 3 is 2.88 bits per heavy atom. The van der Waals surface area contributed by atoms with Gasteiger partial charge in [-0.3, -0.25) is 4.79 Å². The van der Waals surface area contributed by atoms with Gasteiger partial charge in [-0.25, -0.2) is 4.68 Å². The molecule has 130 valence electrons. The molecule has 0 radical (unpaired) electrons. The largest absolute Gasteiger partial charge is 0.348 e. The van der Waals surface area contributed by atoms with Crippen LogP contribution in [0.4, 0.5) is 0 Å². The number of nitrogens with one attached hydrogen (secondary N) is 2. The maximum atomic E-state index is 12.6. The summed E-state index contributed by atoms with van der Waals surface area (Å²) < 4.78 is 1.80. The molecule has 7 heteroatoms. The molecule has 0 bridgehead atoms. The van der Waals surface area contributed by atoms with Crippen LogP contribution in [0, 0.1) is 0 Å². The van der Waals surface area contributed by atoms with E-state index in [1.165, 1.54) is 0 Å². The monoisotopic (exact) mass is 368 g/mol. The highest BCUT2D eigenvalue weighted by Crippen LogP contribution is 2.24. The van der Waals surface area contributed by atoms with Crippen molar-refractivity contribution in [3.8, 4) is 5.69 Å². The molecule has 1 amide bonds. The van der Waals surface area contributed by atoms with E-state index < -0.39 is 0 Å². The van der Waals surface area contributed by atoms with E-state index >= 15 is 0 Å². The van der Waals surface area contributed by atoms with Crippen molar-refractivity contribution in [2.45, 2.75) is 32.2 Å². The number of nitrogens with zero attached hydrogens (tertiary/aromatic N) is 2. The third-order valence-corrected chi connectivity index (χ3v) is 4.28. The number of benzene rings is 1. The maximum Gasteiger partial charge on any atom is 0.255 e. The second-order valence-electron chi connectivity index (χ2n) is 6.15. The number of hydrogen-bond acceptors (Lipinski definition) is 3. The Balaban J connectivity index is 0.00000208. The van der Waals surface area contributed by atoms with Gasteiger partial charge in [0, 0.05) is 17.6 Å². The van der Waals surface area contributed by atoms with Crippen LogP contribution in [0.15, 0.2) is 30.5 Å². The molecule has 5 nitrogen and oxygen atoms in total. The normalized spacial score (nSPS) is 16.9. The van der Waals surface area contributed by atoms with Crippen molar-refractivity contribution in [1.29, 1.82) is 0 Å². The van der Waals surface area contributed by atoms with E-state index in [9.17, 15) is 4.79 Å². The Labute approximate surface area is 153 Å². The van der Waals surface area contributed by atoms with Gasteiger partial charge in [0.1, 0.15) is 0 Å². The smallest absolute Gasteiger partial charge is 0.255 e. The fourth-order valence-corrected chi connectivity index (χ4v) is 3.13. The first-order valence-corrected chi connectivity index (χ1v) is 8.29. The minimum Gasteiger partial charge on any atom is -0.348 e. The minimum atomic E-state index is -0.0596. The van der Waals surface area contributed by atoms with Gasteiger partial charge < -0.3 is 10.6 Å². The lowest BCUT2D eigenvalue weighted by atomic mass is 10.0. The first kappa shape index (κ1) is 18.8. The Morgan fingerprint density at radius 2 is 2.25 bits per heavy atom. The van der Waals surface area contributed by atoms with E-state index in [1.54, 1.807) is 10.9 Å². The van der Waals surface area contributed by atoms with Crippen LogP contribution in [0.2, 0.25) is 5.02 Å². The van der Waals surface area contributed by atoms with E-state index in [4.69, 9.17) is 11.6 Å². The van der Waals surface area contributed by atoms with E-state index in [0.29, 0.717) is 10.6 Å². The molecule has 0 aliphatic carbocycles. The number of halogens is 2. The quantitative estimate of drug-likeness (QED) is 0.871. The zero-order chi connectivity index (χ0) is 16.4. The molecule has 1 saturated heterocycles. The fourth-order valence-electron chi connectivity index (χ4n) is 2.94. The van der Waals surface area contributed by atoms with Gasteiger partial charge >= 0.3 is 0 Å². The molecule has 1 aliphatic heterocycles. The summed E-state index contributed by atoms with van der Waals surface area (Å²) in [4.78, 5) is 12.6. The molecule has 0 spiro atoms. The zero-order valence-corrected chi connectivity index (χ0v) is 15.3. The molecule has 1 aliphatic rings. The standard InChI is InChI=1S/C17H21ClN4O.ClH/c1-11(2)16-15(17(23)21-13-6-7-19-9-13)10-20-22(16)14-5-3-4-12(18)8-14;/h3-5,8,10-11,13,19H,6-7,9H2,1-2H3,(H,21,23);1H. The molecule has 1 atom stereocenters. The predicted molar refractivity (Wildman–Crippen MR) is 98.7 cm³/mol. The topological polar surface area (TPSA) is 59.0 Å². The number of rotatable bonds is 4. The summed E-state index contributed by atoms with van der Waals surface area (Å²) in [6.07, 6.45) is 2.61. The summed E-state index contributed by atoms with van der Waals surface area (Å²) in [7, 11) is 0. The van der Waals surface area contributed by atoms with Crippen molar-refractivity contribution in [1.82, 2.24) is 20.4 Å². The van der Waals surface area contributed by atoms with Crippen LogP contribution < -0.4 is 10.6 Å². The van der Waals surface area contributed by atoms with Crippen LogP contribution in [0.3, 0.4) is 0 Å². The van der Waals surface area contributed by atoms with Gasteiger partial charge in [-0.1, -0.05) is 31.5 Å². The number of amides is 1. The summed E-state index contributed by atoms with van der Waals surface area (Å²) in [5.41, 5.74) is 2.39. The average molecular weight is 369 g/mol. The molecule has 0 saturated carbocycles. The van der Waals surface area contributed by atoms with Crippen LogP contribution in [0.5, 0.6) is 0 Å². The Morgan fingerprint density at radius 1 is 1.46 bits per heavy atom. The Bertz CT molecular complexity index is 708. The highest BCUT2D eigenvalue weighted by Gasteiger charge is 2.24. The van der Waals surface area contributed by atoms with E-state index in [2.05, 4.69) is 29.6 Å². The van der Waals surface area contributed by atoms with Crippen molar-refractivity contribution in [3.63, 3.8) is 0 Å². The Hall–Kier alpha value is -1.56. The lowest BCUT2D eigenvalue weighted by molar-refractivity contribution is 0.0938. The summed E-state index contributed by atoms with van der Waals surface area (Å²) >= 11 is 6.08. The van der Waals surface area contributed by atoms with E-state index in [-0.39, 0.29) is 30.3 Å². The van der Waals surface area contributed by atoms with Gasteiger partial charge in [0.25, 0.3) is 5.91 Å². The predicted octanol–water partition coefficient (Wildman–Crippen LogP) is 3.16. The van der Waals surface area contributed by atoms with Crippen LogP contribution >= 0.6 is 24.0 Å². The van der Waals surface area contributed by atoms with E-state index in [0.717, 1.165) is 30.9 Å². The molecular formula is C17H22Cl2N4O. The van der Waals surface area contributed by atoms with Crippen molar-refractivity contribution in [2.75, 3.05) is 13.1 Å². The van der Waals surface area contributed by atoms with Crippen molar-refractivity contribution in [2.24, 2.45) is 0 Å². The summed E-state index contributed by atoms with van der Waals surface area (Å²) in [5.74, 6) is 0.106. The molecule has 2 N–H and O–H groups in total. The number of carbonyl (C=O) groups excluding carboxylic acids is 1. The first-order chi connectivity index (χ1) is 11.1. The maximum absolute atomic E-state index is 12.6. The molecule has 1 aromatic heterocycles. The van der Waals surface area contributed by atoms with Gasteiger partial charge in [-0.15, -0.1) is 12.4 Å². The van der Waals surface area contributed by atoms with Crippen LogP contribution in [0.1, 0.15) is 42.2 Å².